The Morgan fingerprint density at radius 2 is 2.21 bits per heavy atom. The Hall–Kier alpha value is -2.24. The van der Waals surface area contributed by atoms with Gasteiger partial charge in [-0.05, 0) is 49.7 Å². The van der Waals surface area contributed by atoms with Crippen LogP contribution in [0.15, 0.2) is 29.0 Å². The Kier molecular flexibility index (Phi) is 3.18. The van der Waals surface area contributed by atoms with E-state index < -0.39 is 0 Å². The fourth-order valence-corrected chi connectivity index (χ4v) is 3.82. The van der Waals surface area contributed by atoms with E-state index in [-0.39, 0.29) is 17.9 Å². The number of likely N-dealkylation sites (tertiary alicyclic amines) is 1. The highest BCUT2D eigenvalue weighted by Crippen LogP contribution is 2.50. The molecule has 1 saturated heterocycles. The van der Waals surface area contributed by atoms with Crippen LogP contribution >= 0.6 is 0 Å². The van der Waals surface area contributed by atoms with E-state index >= 15 is 0 Å². The predicted molar refractivity (Wildman–Crippen MR) is 85.0 cm³/mol. The minimum absolute atomic E-state index is 0.0103. The van der Waals surface area contributed by atoms with Crippen molar-refractivity contribution < 1.29 is 9.32 Å². The van der Waals surface area contributed by atoms with Gasteiger partial charge < -0.3 is 9.42 Å². The normalized spacial score (nSPS) is 29.0. The Morgan fingerprint density at radius 1 is 1.29 bits per heavy atom. The highest BCUT2D eigenvalue weighted by molar-refractivity contribution is 5.83. The molecule has 1 amide bonds. The molecular weight excluding hydrogens is 304 g/mol. The average molecular weight is 324 g/mol. The molecule has 0 N–H and O–H groups in total. The second-order valence-electron chi connectivity index (χ2n) is 7.19. The molecule has 24 heavy (non-hydrogen) atoms. The van der Waals surface area contributed by atoms with Gasteiger partial charge >= 0.3 is 0 Å². The Labute approximate surface area is 140 Å². The van der Waals surface area contributed by atoms with Crippen molar-refractivity contribution in [2.45, 2.75) is 50.0 Å². The van der Waals surface area contributed by atoms with Crippen LogP contribution in [0, 0.1) is 5.92 Å². The van der Waals surface area contributed by atoms with Gasteiger partial charge in [-0.25, -0.2) is 0 Å². The number of hydrogen-bond acceptors (Lipinski definition) is 5. The van der Waals surface area contributed by atoms with Crippen molar-refractivity contribution in [3.8, 4) is 0 Å². The van der Waals surface area contributed by atoms with E-state index in [9.17, 15) is 4.79 Å². The van der Waals surface area contributed by atoms with Gasteiger partial charge in [-0.3, -0.25) is 9.78 Å². The Morgan fingerprint density at radius 3 is 3.00 bits per heavy atom. The molecule has 3 heterocycles. The fraction of sp³-hybridized carbons (Fsp3) is 0.556. The molecule has 2 aromatic rings. The van der Waals surface area contributed by atoms with Crippen LogP contribution in [0.2, 0.25) is 0 Å². The monoisotopic (exact) mass is 324 g/mol. The number of carbonyl (C=O) groups excluding carboxylic acids is 1. The second kappa shape index (κ2) is 5.40. The lowest BCUT2D eigenvalue weighted by atomic mass is 10.1. The summed E-state index contributed by atoms with van der Waals surface area (Å²) in [5.41, 5.74) is 1.17. The summed E-state index contributed by atoms with van der Waals surface area (Å²) in [5.74, 6) is 2.55. The van der Waals surface area contributed by atoms with Crippen LogP contribution in [-0.4, -0.2) is 32.5 Å². The summed E-state index contributed by atoms with van der Waals surface area (Å²) in [7, 11) is 0. The zero-order chi connectivity index (χ0) is 16.1. The lowest BCUT2D eigenvalue weighted by Gasteiger charge is -2.22. The molecule has 1 aliphatic heterocycles. The van der Waals surface area contributed by atoms with E-state index in [1.165, 1.54) is 5.56 Å². The zero-order valence-corrected chi connectivity index (χ0v) is 13.5. The average Bonchev–Trinajstić information content (AvgIpc) is 3.52. The molecule has 2 aliphatic carbocycles. The van der Waals surface area contributed by atoms with E-state index in [1.54, 1.807) is 6.20 Å². The van der Waals surface area contributed by atoms with E-state index in [0.717, 1.165) is 44.5 Å². The quantitative estimate of drug-likeness (QED) is 0.865. The van der Waals surface area contributed by atoms with E-state index in [4.69, 9.17) is 4.52 Å². The van der Waals surface area contributed by atoms with Crippen LogP contribution in [0.25, 0.3) is 0 Å². The van der Waals surface area contributed by atoms with Crippen LogP contribution in [0.5, 0.6) is 0 Å². The summed E-state index contributed by atoms with van der Waals surface area (Å²) in [6, 6.07) is 3.99. The summed E-state index contributed by atoms with van der Waals surface area (Å²) >= 11 is 0. The van der Waals surface area contributed by atoms with Crippen LogP contribution in [-0.2, 0) is 4.79 Å². The van der Waals surface area contributed by atoms with Crippen LogP contribution in [0.4, 0.5) is 0 Å². The van der Waals surface area contributed by atoms with Crippen molar-refractivity contribution in [1.82, 2.24) is 20.0 Å². The third-order valence-corrected chi connectivity index (χ3v) is 5.44. The number of nitrogens with zero attached hydrogens (tertiary/aromatic N) is 4. The molecule has 0 radical (unpaired) electrons. The molecule has 6 nitrogen and oxygen atoms in total. The number of aromatic nitrogens is 3. The molecule has 0 aromatic carbocycles. The largest absolute Gasteiger partial charge is 0.339 e. The summed E-state index contributed by atoms with van der Waals surface area (Å²) in [4.78, 5) is 23.7. The molecule has 124 valence electrons. The first-order valence-corrected chi connectivity index (χ1v) is 8.85. The lowest BCUT2D eigenvalue weighted by molar-refractivity contribution is -0.133. The van der Waals surface area contributed by atoms with Gasteiger partial charge in [0.05, 0.1) is 6.04 Å². The van der Waals surface area contributed by atoms with Gasteiger partial charge in [0, 0.05) is 30.8 Å². The number of amides is 1. The van der Waals surface area contributed by atoms with Gasteiger partial charge in [0.2, 0.25) is 11.8 Å². The zero-order valence-electron chi connectivity index (χ0n) is 13.5. The first kappa shape index (κ1) is 14.1. The maximum absolute atomic E-state index is 12.9. The minimum Gasteiger partial charge on any atom is -0.339 e. The molecule has 0 unspecified atom stereocenters. The molecule has 0 bridgehead atoms. The van der Waals surface area contributed by atoms with Gasteiger partial charge in [0.15, 0.2) is 5.82 Å². The van der Waals surface area contributed by atoms with E-state index in [1.807, 2.05) is 17.2 Å². The first-order chi connectivity index (χ1) is 11.8. The van der Waals surface area contributed by atoms with Crippen molar-refractivity contribution in [1.29, 1.82) is 0 Å². The third kappa shape index (κ3) is 2.41. The molecule has 2 saturated carbocycles. The highest BCUT2D eigenvalue weighted by Gasteiger charge is 2.48. The smallest absolute Gasteiger partial charge is 0.229 e. The molecule has 5 rings (SSSR count). The van der Waals surface area contributed by atoms with E-state index in [2.05, 4.69) is 21.2 Å². The fourth-order valence-electron chi connectivity index (χ4n) is 3.82. The summed E-state index contributed by atoms with van der Waals surface area (Å²) in [6.07, 6.45) is 8.79. The van der Waals surface area contributed by atoms with Gasteiger partial charge in [-0.1, -0.05) is 11.2 Å². The molecule has 0 spiro atoms. The van der Waals surface area contributed by atoms with Crippen molar-refractivity contribution >= 4 is 5.91 Å². The highest BCUT2D eigenvalue weighted by atomic mass is 16.5. The number of rotatable bonds is 4. The third-order valence-electron chi connectivity index (χ3n) is 5.44. The molecule has 3 atom stereocenters. The predicted octanol–water partition coefficient (Wildman–Crippen LogP) is 2.81. The van der Waals surface area contributed by atoms with Gasteiger partial charge in [0.25, 0.3) is 0 Å². The Balaban J connectivity index is 1.31. The van der Waals surface area contributed by atoms with Crippen LogP contribution in [0.1, 0.15) is 67.3 Å². The van der Waals surface area contributed by atoms with E-state index in [0.29, 0.717) is 17.7 Å². The van der Waals surface area contributed by atoms with Gasteiger partial charge in [-0.2, -0.15) is 4.98 Å². The number of carbonyl (C=O) groups is 1. The summed E-state index contributed by atoms with van der Waals surface area (Å²) in [6.45, 7) is 0.799. The van der Waals surface area contributed by atoms with Crippen molar-refractivity contribution in [2.24, 2.45) is 5.92 Å². The molecule has 6 heteroatoms. The second-order valence-corrected chi connectivity index (χ2v) is 7.19. The lowest BCUT2D eigenvalue weighted by Crippen LogP contribution is -2.32. The summed E-state index contributed by atoms with van der Waals surface area (Å²) < 4.78 is 5.39. The maximum Gasteiger partial charge on any atom is 0.229 e. The standard InChI is InChI=1S/C18H20N4O2/c23-18(14-9-13(14)12-3-1-7-19-10-12)22-8-2-4-15(22)16-20-17(24-21-16)11-5-6-11/h1,3,7,10-11,13-15H,2,4-6,8-9H2/t13-,14-,15-/m1/s1. The summed E-state index contributed by atoms with van der Waals surface area (Å²) in [5, 5.41) is 4.16. The number of pyridine rings is 1. The first-order valence-electron chi connectivity index (χ1n) is 8.85. The minimum atomic E-state index is -0.0103. The van der Waals surface area contributed by atoms with Crippen molar-refractivity contribution in [2.75, 3.05) is 6.54 Å². The maximum atomic E-state index is 12.9. The van der Waals surface area contributed by atoms with Gasteiger partial charge in [-0.15, -0.1) is 0 Å². The van der Waals surface area contributed by atoms with Crippen LogP contribution in [0.3, 0.4) is 0 Å². The topological polar surface area (TPSA) is 72.1 Å². The Bertz CT molecular complexity index is 755. The van der Waals surface area contributed by atoms with Crippen molar-refractivity contribution in [3.05, 3.63) is 41.8 Å². The SMILES string of the molecule is O=C([C@@H]1C[C@@H]1c1cccnc1)N1CCC[C@@H]1c1noc(C2CC2)n1. The number of hydrogen-bond donors (Lipinski definition) is 0. The molecule has 3 aliphatic rings. The van der Waals surface area contributed by atoms with Crippen LogP contribution < -0.4 is 0 Å². The molecular formula is C18H20N4O2. The molecule has 2 aromatic heterocycles. The molecule has 3 fully saturated rings. The van der Waals surface area contributed by atoms with Crippen molar-refractivity contribution in [3.63, 3.8) is 0 Å². The van der Waals surface area contributed by atoms with Gasteiger partial charge in [0.1, 0.15) is 0 Å².